The lowest BCUT2D eigenvalue weighted by atomic mass is 9.98. The number of hydrogen-bond donors (Lipinski definition) is 2. The predicted molar refractivity (Wildman–Crippen MR) is 76.3 cm³/mol. The molecule has 0 aliphatic carbocycles. The highest BCUT2D eigenvalue weighted by Crippen LogP contribution is 2.18. The summed E-state index contributed by atoms with van der Waals surface area (Å²) in [6, 6.07) is 1.78. The number of pyridine rings is 1. The van der Waals surface area contributed by atoms with Gasteiger partial charge in [-0.15, -0.1) is 0 Å². The fourth-order valence-electron chi connectivity index (χ4n) is 2.50. The van der Waals surface area contributed by atoms with Crippen LogP contribution in [0.1, 0.15) is 30.1 Å². The van der Waals surface area contributed by atoms with Crippen molar-refractivity contribution in [3.8, 4) is 0 Å². The number of hydrogen-bond acceptors (Lipinski definition) is 4. The summed E-state index contributed by atoms with van der Waals surface area (Å²) in [5.41, 5.74) is 0.249. The average Bonchev–Trinajstić information content (AvgIpc) is 2.43. The summed E-state index contributed by atoms with van der Waals surface area (Å²) in [5.74, 6) is -0.390. The molecule has 0 aromatic carbocycles. The molecule has 0 saturated carbocycles. The third-order valence-corrected chi connectivity index (χ3v) is 3.88. The second kappa shape index (κ2) is 6.17. The number of anilines is 1. The Labute approximate surface area is 118 Å². The zero-order chi connectivity index (χ0) is 14.7. The van der Waals surface area contributed by atoms with Gasteiger partial charge in [-0.25, -0.2) is 9.37 Å². The maximum absolute atomic E-state index is 13.3. The molecule has 5 nitrogen and oxygen atoms in total. The second-order valence-electron chi connectivity index (χ2n) is 5.32. The number of carbonyl (C=O) groups is 1. The summed E-state index contributed by atoms with van der Waals surface area (Å²) in [5, 5.41) is 5.79. The fourth-order valence-corrected chi connectivity index (χ4v) is 2.50. The number of rotatable bonds is 3. The molecule has 6 heteroatoms. The Morgan fingerprint density at radius 3 is 2.95 bits per heavy atom. The van der Waals surface area contributed by atoms with Crippen molar-refractivity contribution >= 4 is 11.7 Å². The number of amides is 1. The summed E-state index contributed by atoms with van der Waals surface area (Å²) in [6.07, 6.45) is 2.91. The smallest absolute Gasteiger partial charge is 0.255 e. The van der Waals surface area contributed by atoms with Gasteiger partial charge in [0.2, 0.25) is 0 Å². The number of aromatic nitrogens is 1. The third-order valence-electron chi connectivity index (χ3n) is 3.88. The number of halogens is 1. The number of nitrogens with one attached hydrogen (secondary N) is 2. The lowest BCUT2D eigenvalue weighted by molar-refractivity contribution is 0.0896. The Bertz CT molecular complexity index is 494. The molecule has 1 aliphatic heterocycles. The molecule has 1 aromatic heterocycles. The van der Waals surface area contributed by atoms with E-state index in [1.165, 1.54) is 6.07 Å². The minimum absolute atomic E-state index is 0.127. The molecule has 1 aliphatic rings. The van der Waals surface area contributed by atoms with Crippen molar-refractivity contribution < 1.29 is 9.18 Å². The lowest BCUT2D eigenvalue weighted by Crippen LogP contribution is -2.47. The Morgan fingerprint density at radius 2 is 2.30 bits per heavy atom. The van der Waals surface area contributed by atoms with Gasteiger partial charge < -0.3 is 15.5 Å². The Hall–Kier alpha value is -1.69. The highest BCUT2D eigenvalue weighted by atomic mass is 19.1. The normalized spacial score (nSPS) is 23.4. The number of likely N-dealkylation sites (tertiary alicyclic amines) is 1. The first kappa shape index (κ1) is 14.7. The minimum Gasteiger partial charge on any atom is -0.372 e. The van der Waals surface area contributed by atoms with Crippen molar-refractivity contribution in [3.05, 3.63) is 23.6 Å². The highest BCUT2D eigenvalue weighted by Gasteiger charge is 2.25. The van der Waals surface area contributed by atoms with Gasteiger partial charge >= 0.3 is 0 Å². The summed E-state index contributed by atoms with van der Waals surface area (Å²) in [4.78, 5) is 18.4. The van der Waals surface area contributed by atoms with Crippen molar-refractivity contribution in [2.75, 3.05) is 26.0 Å². The van der Waals surface area contributed by atoms with E-state index in [0.717, 1.165) is 25.6 Å². The Kier molecular flexibility index (Phi) is 4.54. The van der Waals surface area contributed by atoms with Gasteiger partial charge in [0.1, 0.15) is 11.6 Å². The van der Waals surface area contributed by atoms with Crippen LogP contribution in [0.15, 0.2) is 12.3 Å². The van der Waals surface area contributed by atoms with Crippen LogP contribution >= 0.6 is 0 Å². The van der Waals surface area contributed by atoms with Crippen LogP contribution < -0.4 is 10.6 Å². The van der Waals surface area contributed by atoms with Crippen LogP contribution in [-0.4, -0.2) is 48.5 Å². The zero-order valence-electron chi connectivity index (χ0n) is 12.1. The zero-order valence-corrected chi connectivity index (χ0v) is 12.1. The van der Waals surface area contributed by atoms with E-state index in [1.54, 1.807) is 7.05 Å². The Balaban J connectivity index is 2.07. The van der Waals surface area contributed by atoms with Gasteiger partial charge in [-0.05, 0) is 32.9 Å². The molecule has 2 unspecified atom stereocenters. The molecule has 1 saturated heterocycles. The monoisotopic (exact) mass is 280 g/mol. The van der Waals surface area contributed by atoms with Gasteiger partial charge in [-0.3, -0.25) is 4.79 Å². The molecule has 1 aromatic rings. The van der Waals surface area contributed by atoms with Crippen molar-refractivity contribution in [3.63, 3.8) is 0 Å². The van der Waals surface area contributed by atoms with Crippen molar-refractivity contribution in [1.29, 1.82) is 0 Å². The van der Waals surface area contributed by atoms with Gasteiger partial charge in [0.25, 0.3) is 5.91 Å². The highest BCUT2D eigenvalue weighted by molar-refractivity contribution is 5.98. The first-order chi connectivity index (χ1) is 9.51. The van der Waals surface area contributed by atoms with Crippen LogP contribution in [0.2, 0.25) is 0 Å². The molecular weight excluding hydrogens is 259 g/mol. The molecule has 2 N–H and O–H groups in total. The standard InChI is InChI=1S/C14H21FN4O/c1-9-6-11(4-5-19(9)3)18-14(20)12-7-10(15)8-17-13(12)16-2/h7-9,11H,4-6H2,1-3H3,(H,16,17)(H,18,20). The lowest BCUT2D eigenvalue weighted by Gasteiger charge is -2.35. The first-order valence-corrected chi connectivity index (χ1v) is 6.85. The molecule has 1 amide bonds. The average molecular weight is 280 g/mol. The van der Waals surface area contributed by atoms with Gasteiger partial charge in [0.05, 0.1) is 11.8 Å². The summed E-state index contributed by atoms with van der Waals surface area (Å²) in [7, 11) is 3.74. The van der Waals surface area contributed by atoms with E-state index >= 15 is 0 Å². The van der Waals surface area contributed by atoms with Crippen molar-refractivity contribution in [2.45, 2.75) is 31.8 Å². The van der Waals surface area contributed by atoms with Crippen LogP contribution in [0.4, 0.5) is 10.2 Å². The maximum Gasteiger partial charge on any atom is 0.255 e. The third kappa shape index (κ3) is 3.25. The van der Waals surface area contributed by atoms with Crippen LogP contribution in [0.3, 0.4) is 0 Å². The second-order valence-corrected chi connectivity index (χ2v) is 5.32. The molecule has 1 fully saturated rings. The van der Waals surface area contributed by atoms with Gasteiger partial charge in [-0.2, -0.15) is 0 Å². The van der Waals surface area contributed by atoms with Gasteiger partial charge in [0, 0.05) is 25.7 Å². The van der Waals surface area contributed by atoms with Crippen LogP contribution in [0.5, 0.6) is 0 Å². The molecule has 20 heavy (non-hydrogen) atoms. The molecule has 2 heterocycles. The molecule has 110 valence electrons. The number of nitrogens with zero attached hydrogens (tertiary/aromatic N) is 2. The molecule has 0 bridgehead atoms. The molecule has 2 atom stereocenters. The number of piperidine rings is 1. The minimum atomic E-state index is -0.508. The van der Waals surface area contributed by atoms with E-state index in [1.807, 2.05) is 0 Å². The topological polar surface area (TPSA) is 57.3 Å². The van der Waals surface area contributed by atoms with Crippen LogP contribution in [0, 0.1) is 5.82 Å². The molecule has 0 radical (unpaired) electrons. The predicted octanol–water partition coefficient (Wildman–Crippen LogP) is 1.47. The van der Waals surface area contributed by atoms with E-state index in [9.17, 15) is 9.18 Å². The summed E-state index contributed by atoms with van der Waals surface area (Å²) < 4.78 is 13.3. The molecule has 0 spiro atoms. The SMILES string of the molecule is CNc1ncc(F)cc1C(=O)NC1CCN(C)C(C)C1. The van der Waals surface area contributed by atoms with E-state index in [-0.39, 0.29) is 17.5 Å². The summed E-state index contributed by atoms with van der Waals surface area (Å²) in [6.45, 7) is 3.09. The van der Waals surface area contributed by atoms with E-state index < -0.39 is 5.82 Å². The van der Waals surface area contributed by atoms with E-state index in [0.29, 0.717) is 11.9 Å². The van der Waals surface area contributed by atoms with Gasteiger partial charge in [-0.1, -0.05) is 0 Å². The van der Waals surface area contributed by atoms with Gasteiger partial charge in [0.15, 0.2) is 0 Å². The van der Waals surface area contributed by atoms with Crippen molar-refractivity contribution in [2.24, 2.45) is 0 Å². The van der Waals surface area contributed by atoms with Crippen LogP contribution in [-0.2, 0) is 0 Å². The quantitative estimate of drug-likeness (QED) is 0.880. The summed E-state index contributed by atoms with van der Waals surface area (Å²) >= 11 is 0. The molecule has 2 rings (SSSR count). The maximum atomic E-state index is 13.3. The fraction of sp³-hybridized carbons (Fsp3) is 0.571. The van der Waals surface area contributed by atoms with E-state index in [2.05, 4.69) is 34.5 Å². The van der Waals surface area contributed by atoms with E-state index in [4.69, 9.17) is 0 Å². The van der Waals surface area contributed by atoms with Crippen molar-refractivity contribution in [1.82, 2.24) is 15.2 Å². The Morgan fingerprint density at radius 1 is 1.55 bits per heavy atom. The molecular formula is C14H21FN4O. The largest absolute Gasteiger partial charge is 0.372 e. The van der Waals surface area contributed by atoms with Crippen LogP contribution in [0.25, 0.3) is 0 Å². The first-order valence-electron chi connectivity index (χ1n) is 6.85. The number of carbonyl (C=O) groups excluding carboxylic acids is 1.